The van der Waals surface area contributed by atoms with Gasteiger partial charge in [-0.2, -0.15) is 0 Å². The van der Waals surface area contributed by atoms with E-state index < -0.39 is 6.04 Å². The number of piperidine rings is 1. The molecule has 0 spiro atoms. The smallest absolute Gasteiger partial charge is 0.249 e. The molecule has 28 heavy (non-hydrogen) atoms. The predicted molar refractivity (Wildman–Crippen MR) is 109 cm³/mol. The second-order valence-corrected chi connectivity index (χ2v) is 9.47. The Hall–Kier alpha value is -1.92. The van der Waals surface area contributed by atoms with Crippen LogP contribution < -0.4 is 10.6 Å². The van der Waals surface area contributed by atoms with Gasteiger partial charge < -0.3 is 20.3 Å². The summed E-state index contributed by atoms with van der Waals surface area (Å²) >= 11 is 0. The number of nitrogens with zero attached hydrogens (tertiary/aromatic N) is 1. The predicted octanol–water partition coefficient (Wildman–Crippen LogP) is 2.23. The van der Waals surface area contributed by atoms with Crippen molar-refractivity contribution in [3.8, 4) is 0 Å². The molecule has 2 aliphatic rings. The van der Waals surface area contributed by atoms with Crippen molar-refractivity contribution in [2.75, 3.05) is 6.61 Å². The van der Waals surface area contributed by atoms with Crippen LogP contribution >= 0.6 is 0 Å². The quantitative estimate of drug-likeness (QED) is 0.831. The van der Waals surface area contributed by atoms with Crippen LogP contribution in [0, 0.1) is 0 Å². The van der Waals surface area contributed by atoms with E-state index in [1.54, 1.807) is 4.90 Å². The van der Waals surface area contributed by atoms with E-state index in [1.807, 2.05) is 37.3 Å². The summed E-state index contributed by atoms with van der Waals surface area (Å²) in [6, 6.07) is 9.21. The number of amides is 2. The molecule has 2 amide bonds. The summed E-state index contributed by atoms with van der Waals surface area (Å²) in [5.41, 5.74) is 0.883. The van der Waals surface area contributed by atoms with Gasteiger partial charge in [0.2, 0.25) is 11.8 Å². The number of hydrogen-bond acceptors (Lipinski definition) is 4. The van der Waals surface area contributed by atoms with Crippen LogP contribution in [0.1, 0.15) is 53.0 Å². The van der Waals surface area contributed by atoms with Crippen LogP contribution in [0.25, 0.3) is 0 Å². The minimum absolute atomic E-state index is 0.0190. The Morgan fingerprint density at radius 2 is 1.79 bits per heavy atom. The van der Waals surface area contributed by atoms with Crippen molar-refractivity contribution >= 4 is 11.8 Å². The first-order valence-electron chi connectivity index (χ1n) is 10.1. The molecule has 2 heterocycles. The van der Waals surface area contributed by atoms with E-state index in [4.69, 9.17) is 4.74 Å². The monoisotopic (exact) mass is 387 g/mol. The molecule has 2 fully saturated rings. The summed E-state index contributed by atoms with van der Waals surface area (Å²) in [4.78, 5) is 27.5. The van der Waals surface area contributed by atoms with Gasteiger partial charge in [0.1, 0.15) is 12.6 Å². The molecule has 3 rings (SSSR count). The highest BCUT2D eigenvalue weighted by Gasteiger charge is 2.42. The lowest BCUT2D eigenvalue weighted by atomic mass is 9.79. The van der Waals surface area contributed by atoms with Gasteiger partial charge in [-0.05, 0) is 53.0 Å². The highest BCUT2D eigenvalue weighted by atomic mass is 16.5. The molecule has 2 aliphatic heterocycles. The lowest BCUT2D eigenvalue weighted by Crippen LogP contribution is -2.65. The molecule has 0 radical (unpaired) electrons. The van der Waals surface area contributed by atoms with E-state index in [1.165, 1.54) is 0 Å². The van der Waals surface area contributed by atoms with Gasteiger partial charge in [0.15, 0.2) is 0 Å². The van der Waals surface area contributed by atoms with Crippen LogP contribution in [-0.4, -0.2) is 52.6 Å². The molecular weight excluding hydrogens is 354 g/mol. The maximum atomic E-state index is 13.2. The zero-order chi connectivity index (χ0) is 20.5. The molecule has 6 heteroatoms. The maximum Gasteiger partial charge on any atom is 0.249 e. The van der Waals surface area contributed by atoms with E-state index in [-0.39, 0.29) is 41.6 Å². The number of hydrogen-bond donors (Lipinski definition) is 2. The first kappa shape index (κ1) is 20.8. The standard InChI is InChI=1S/C22H33N3O3/c1-15-19(20(27)23-17-11-21(2,3)24-22(4,5)12-17)25(18(26)14-28-15)13-16-9-7-6-8-10-16/h6-10,15,17,19,24H,11-14H2,1-5H3,(H,23,27)/t15-,19+/m1/s1. The lowest BCUT2D eigenvalue weighted by molar-refractivity contribution is -0.163. The van der Waals surface area contributed by atoms with Crippen LogP contribution in [0.3, 0.4) is 0 Å². The highest BCUT2D eigenvalue weighted by molar-refractivity contribution is 5.89. The molecule has 154 valence electrons. The molecule has 2 atom stereocenters. The molecule has 2 N–H and O–H groups in total. The zero-order valence-corrected chi connectivity index (χ0v) is 17.6. The molecule has 0 saturated carbocycles. The maximum absolute atomic E-state index is 13.2. The molecule has 0 bridgehead atoms. The Morgan fingerprint density at radius 3 is 2.39 bits per heavy atom. The number of rotatable bonds is 4. The summed E-state index contributed by atoms with van der Waals surface area (Å²) in [6.45, 7) is 10.9. The summed E-state index contributed by atoms with van der Waals surface area (Å²) in [6.07, 6.45) is 1.34. The van der Waals surface area contributed by atoms with Gasteiger partial charge in [-0.3, -0.25) is 9.59 Å². The number of benzene rings is 1. The van der Waals surface area contributed by atoms with Crippen LogP contribution in [0.5, 0.6) is 0 Å². The van der Waals surface area contributed by atoms with E-state index in [0.29, 0.717) is 6.54 Å². The molecule has 0 unspecified atom stereocenters. The molecule has 0 aromatic heterocycles. The molecule has 0 aliphatic carbocycles. The van der Waals surface area contributed by atoms with Crippen LogP contribution in [0.15, 0.2) is 30.3 Å². The van der Waals surface area contributed by atoms with Crippen molar-refractivity contribution in [1.29, 1.82) is 0 Å². The number of carbonyl (C=O) groups excluding carboxylic acids is 2. The number of ether oxygens (including phenoxy) is 1. The Bertz CT molecular complexity index is 701. The average Bonchev–Trinajstić information content (AvgIpc) is 2.56. The Kier molecular flexibility index (Phi) is 5.82. The van der Waals surface area contributed by atoms with Gasteiger partial charge in [0.05, 0.1) is 6.10 Å². The van der Waals surface area contributed by atoms with Gasteiger partial charge in [0, 0.05) is 23.7 Å². The highest BCUT2D eigenvalue weighted by Crippen LogP contribution is 2.29. The van der Waals surface area contributed by atoms with Crippen molar-refractivity contribution < 1.29 is 14.3 Å². The molecule has 1 aromatic rings. The Labute approximate surface area is 168 Å². The van der Waals surface area contributed by atoms with E-state index >= 15 is 0 Å². The third-order valence-electron chi connectivity index (χ3n) is 5.57. The summed E-state index contributed by atoms with van der Waals surface area (Å²) in [5, 5.41) is 6.85. The first-order chi connectivity index (χ1) is 13.1. The Balaban J connectivity index is 1.76. The van der Waals surface area contributed by atoms with Crippen molar-refractivity contribution in [3.63, 3.8) is 0 Å². The van der Waals surface area contributed by atoms with Crippen molar-refractivity contribution in [2.45, 2.75) is 83.3 Å². The third kappa shape index (κ3) is 4.92. The van der Waals surface area contributed by atoms with Crippen molar-refractivity contribution in [1.82, 2.24) is 15.5 Å². The largest absolute Gasteiger partial charge is 0.366 e. The summed E-state index contributed by atoms with van der Waals surface area (Å²) < 4.78 is 5.60. The number of nitrogens with one attached hydrogen (secondary N) is 2. The second-order valence-electron chi connectivity index (χ2n) is 9.47. The number of carbonyl (C=O) groups is 2. The van der Waals surface area contributed by atoms with Gasteiger partial charge in [-0.15, -0.1) is 0 Å². The average molecular weight is 388 g/mol. The van der Waals surface area contributed by atoms with Crippen LogP contribution in [-0.2, 0) is 20.9 Å². The zero-order valence-electron chi connectivity index (χ0n) is 17.6. The molecule has 1 aromatic carbocycles. The fourth-order valence-electron chi connectivity index (χ4n) is 4.82. The van der Waals surface area contributed by atoms with Gasteiger partial charge >= 0.3 is 0 Å². The lowest BCUT2D eigenvalue weighted by Gasteiger charge is -2.47. The molecule has 2 saturated heterocycles. The van der Waals surface area contributed by atoms with Gasteiger partial charge in [-0.25, -0.2) is 0 Å². The van der Waals surface area contributed by atoms with Gasteiger partial charge in [0.25, 0.3) is 0 Å². The summed E-state index contributed by atoms with van der Waals surface area (Å²) in [7, 11) is 0. The van der Waals surface area contributed by atoms with Gasteiger partial charge in [-0.1, -0.05) is 30.3 Å². The molecular formula is C22H33N3O3. The SMILES string of the molecule is C[C@H]1OCC(=O)N(Cc2ccccc2)[C@@H]1C(=O)NC1CC(C)(C)NC(C)(C)C1. The summed E-state index contributed by atoms with van der Waals surface area (Å²) in [5.74, 6) is -0.275. The normalized spacial score (nSPS) is 27.5. The van der Waals surface area contributed by atoms with E-state index in [9.17, 15) is 9.59 Å². The minimum atomic E-state index is -0.623. The Morgan fingerprint density at radius 1 is 1.18 bits per heavy atom. The topological polar surface area (TPSA) is 70.7 Å². The fourth-order valence-corrected chi connectivity index (χ4v) is 4.82. The van der Waals surface area contributed by atoms with Crippen LogP contribution in [0.4, 0.5) is 0 Å². The minimum Gasteiger partial charge on any atom is -0.366 e. The third-order valence-corrected chi connectivity index (χ3v) is 5.57. The van der Waals surface area contributed by atoms with E-state index in [0.717, 1.165) is 18.4 Å². The first-order valence-corrected chi connectivity index (χ1v) is 10.1. The van der Waals surface area contributed by atoms with Crippen molar-refractivity contribution in [3.05, 3.63) is 35.9 Å². The van der Waals surface area contributed by atoms with E-state index in [2.05, 4.69) is 38.3 Å². The van der Waals surface area contributed by atoms with Crippen molar-refractivity contribution in [2.24, 2.45) is 0 Å². The van der Waals surface area contributed by atoms with Crippen LogP contribution in [0.2, 0.25) is 0 Å². The molecule has 6 nitrogen and oxygen atoms in total. The fraction of sp³-hybridized carbons (Fsp3) is 0.636. The second kappa shape index (κ2) is 7.84. The number of morpholine rings is 1.